The number of aryl methyl sites for hydroxylation is 1. The molecule has 1 aliphatic carbocycles. The van der Waals surface area contributed by atoms with E-state index in [4.69, 9.17) is 4.11 Å². The number of hydrogen-bond donors (Lipinski definition) is 0. The Morgan fingerprint density at radius 2 is 1.06 bits per heavy atom. The molecule has 316 valence electrons. The zero-order chi connectivity index (χ0) is 46.9. The fourth-order valence-corrected chi connectivity index (χ4v) is 10.6. The van der Waals surface area contributed by atoms with E-state index in [9.17, 15) is 0 Å². The lowest BCUT2D eigenvalue weighted by atomic mass is 9.33. The van der Waals surface area contributed by atoms with Gasteiger partial charge < -0.3 is 9.80 Å². The summed E-state index contributed by atoms with van der Waals surface area (Å²) in [6.07, 6.45) is 2.00. The van der Waals surface area contributed by atoms with Crippen LogP contribution in [-0.4, -0.2) is 6.71 Å². The highest BCUT2D eigenvalue weighted by Crippen LogP contribution is 2.50. The van der Waals surface area contributed by atoms with Gasteiger partial charge in [-0.15, -0.1) is 0 Å². The maximum absolute atomic E-state index is 9.11. The van der Waals surface area contributed by atoms with Crippen molar-refractivity contribution < 1.29 is 4.11 Å². The van der Waals surface area contributed by atoms with Crippen molar-refractivity contribution in [2.45, 2.75) is 112 Å². The molecule has 3 aliphatic rings. The quantitative estimate of drug-likeness (QED) is 0.163. The fourth-order valence-electron chi connectivity index (χ4n) is 10.6. The Kier molecular flexibility index (Phi) is 8.60. The zero-order valence-electron chi connectivity index (χ0n) is 42.2. The van der Waals surface area contributed by atoms with E-state index >= 15 is 0 Å². The molecule has 0 N–H and O–H groups in total. The predicted molar refractivity (Wildman–Crippen MR) is 273 cm³/mol. The average Bonchev–Trinajstić information content (AvgIpc) is 3.56. The molecule has 7 aromatic carbocycles. The molecule has 10 rings (SSSR count). The van der Waals surface area contributed by atoms with E-state index in [-0.39, 0.29) is 28.4 Å². The molecule has 0 amide bonds. The molecule has 2 nitrogen and oxygen atoms in total. The first kappa shape index (κ1) is 37.7. The van der Waals surface area contributed by atoms with E-state index < -0.39 is 6.85 Å². The molecule has 0 saturated heterocycles. The Labute approximate surface area is 382 Å². The van der Waals surface area contributed by atoms with Crippen LogP contribution in [0.15, 0.2) is 140 Å². The third-order valence-corrected chi connectivity index (χ3v) is 13.9. The van der Waals surface area contributed by atoms with Gasteiger partial charge in [-0.2, -0.15) is 0 Å². The number of fused-ring (bicyclic) bond motifs is 5. The minimum absolute atomic E-state index is 0.0955. The first-order valence-corrected chi connectivity index (χ1v) is 23.0. The van der Waals surface area contributed by atoms with E-state index in [2.05, 4.69) is 213 Å². The standard InChI is InChI=1S/C60H63BN2/c1-38-28-54-56-55(29-38)63(51-27-25-45(58(5,6)7)34-48(51)41-21-16-20-40(30-41)39-18-14-13-15-19-39)52-32-43-37-60(11,12)36-42(43)31-50(52)61(56)49-26-24-46(59(8,9)10)35-53(49)62(54)47-23-17-22-44(33-47)57(2,3)4/h13-35H,36-37H2,1-12H3/i1D3. The van der Waals surface area contributed by atoms with Crippen molar-refractivity contribution in [1.82, 2.24) is 0 Å². The highest BCUT2D eigenvalue weighted by molar-refractivity contribution is 7.00. The van der Waals surface area contributed by atoms with Crippen molar-refractivity contribution in [2.24, 2.45) is 5.41 Å². The number of nitrogens with zero attached hydrogens (tertiary/aromatic N) is 2. The van der Waals surface area contributed by atoms with E-state index in [1.807, 2.05) is 12.1 Å². The summed E-state index contributed by atoms with van der Waals surface area (Å²) in [5.41, 5.74) is 20.9. The Balaban J connectivity index is 1.33. The minimum Gasteiger partial charge on any atom is -0.311 e. The number of benzene rings is 7. The Morgan fingerprint density at radius 3 is 1.76 bits per heavy atom. The lowest BCUT2D eigenvalue weighted by molar-refractivity contribution is 0.392. The van der Waals surface area contributed by atoms with Gasteiger partial charge in [-0.3, -0.25) is 0 Å². The van der Waals surface area contributed by atoms with Crippen LogP contribution < -0.4 is 26.2 Å². The summed E-state index contributed by atoms with van der Waals surface area (Å²) in [4.78, 5) is 4.83. The Morgan fingerprint density at radius 1 is 0.476 bits per heavy atom. The molecular formula is C60H63BN2. The van der Waals surface area contributed by atoms with Crippen molar-refractivity contribution in [2.75, 3.05) is 9.80 Å². The molecule has 3 heteroatoms. The first-order chi connectivity index (χ1) is 31.0. The third kappa shape index (κ3) is 7.13. The van der Waals surface area contributed by atoms with Crippen molar-refractivity contribution in [3.05, 3.63) is 173 Å². The highest BCUT2D eigenvalue weighted by Gasteiger charge is 2.45. The summed E-state index contributed by atoms with van der Waals surface area (Å²) >= 11 is 0. The second-order valence-corrected chi connectivity index (χ2v) is 22.5. The monoisotopic (exact) mass is 826 g/mol. The van der Waals surface area contributed by atoms with Crippen LogP contribution in [0.4, 0.5) is 34.1 Å². The van der Waals surface area contributed by atoms with Crippen molar-refractivity contribution in [3.8, 4) is 22.3 Å². The Bertz CT molecular complexity index is 3070. The molecule has 0 saturated carbocycles. The normalized spacial score (nSPS) is 16.1. The van der Waals surface area contributed by atoms with Crippen LogP contribution in [0.25, 0.3) is 22.3 Å². The van der Waals surface area contributed by atoms with Crippen LogP contribution in [0.1, 0.15) is 114 Å². The van der Waals surface area contributed by atoms with Crippen LogP contribution in [0.5, 0.6) is 0 Å². The van der Waals surface area contributed by atoms with Gasteiger partial charge in [0.15, 0.2) is 0 Å². The van der Waals surface area contributed by atoms with Gasteiger partial charge in [0.25, 0.3) is 6.71 Å². The van der Waals surface area contributed by atoms with E-state index in [0.717, 1.165) is 69.1 Å². The molecule has 2 aliphatic heterocycles. The van der Waals surface area contributed by atoms with E-state index in [1.54, 1.807) is 0 Å². The van der Waals surface area contributed by atoms with Crippen LogP contribution in [-0.2, 0) is 29.1 Å². The number of rotatable bonds is 4. The summed E-state index contributed by atoms with van der Waals surface area (Å²) in [5, 5.41) is 0. The van der Waals surface area contributed by atoms with Crippen LogP contribution in [0.2, 0.25) is 0 Å². The lowest BCUT2D eigenvalue weighted by Crippen LogP contribution is -2.61. The largest absolute Gasteiger partial charge is 0.311 e. The maximum Gasteiger partial charge on any atom is 0.252 e. The van der Waals surface area contributed by atoms with Gasteiger partial charge in [-0.25, -0.2) is 0 Å². The maximum atomic E-state index is 9.11. The van der Waals surface area contributed by atoms with E-state index in [0.29, 0.717) is 5.56 Å². The third-order valence-electron chi connectivity index (χ3n) is 13.9. The van der Waals surface area contributed by atoms with Gasteiger partial charge in [0.2, 0.25) is 0 Å². The van der Waals surface area contributed by atoms with Crippen molar-refractivity contribution in [3.63, 3.8) is 0 Å². The van der Waals surface area contributed by atoms with Crippen LogP contribution in [0.3, 0.4) is 0 Å². The molecule has 2 heterocycles. The second kappa shape index (κ2) is 14.4. The Hall–Kier alpha value is -5.80. The fraction of sp³-hybridized carbons (Fsp3) is 0.300. The number of hydrogen-bond acceptors (Lipinski definition) is 2. The average molecular weight is 826 g/mol. The molecular weight excluding hydrogens is 759 g/mol. The van der Waals surface area contributed by atoms with Gasteiger partial charge in [0.05, 0.1) is 5.69 Å². The molecule has 7 aromatic rings. The molecule has 63 heavy (non-hydrogen) atoms. The smallest absolute Gasteiger partial charge is 0.252 e. The predicted octanol–water partition coefficient (Wildman–Crippen LogP) is 14.4. The molecule has 0 unspecified atom stereocenters. The van der Waals surface area contributed by atoms with Gasteiger partial charge in [0, 0.05) is 38.1 Å². The van der Waals surface area contributed by atoms with Crippen molar-refractivity contribution >= 4 is 57.2 Å². The zero-order valence-corrected chi connectivity index (χ0v) is 39.2. The van der Waals surface area contributed by atoms with Crippen LogP contribution in [0, 0.1) is 12.3 Å². The minimum atomic E-state index is -2.37. The summed E-state index contributed by atoms with van der Waals surface area (Å²) < 4.78 is 27.3. The summed E-state index contributed by atoms with van der Waals surface area (Å²) in [6.45, 7) is 22.7. The molecule has 0 fully saturated rings. The van der Waals surface area contributed by atoms with Gasteiger partial charge in [-0.1, -0.05) is 161 Å². The molecule has 0 aromatic heterocycles. The molecule has 0 spiro atoms. The second-order valence-electron chi connectivity index (χ2n) is 22.5. The summed E-state index contributed by atoms with van der Waals surface area (Å²) in [6, 6.07) is 51.5. The van der Waals surface area contributed by atoms with Gasteiger partial charge in [-0.05, 0) is 162 Å². The van der Waals surface area contributed by atoms with Gasteiger partial charge in [0.1, 0.15) is 0 Å². The summed E-state index contributed by atoms with van der Waals surface area (Å²) in [7, 11) is 0. The first-order valence-electron chi connectivity index (χ1n) is 24.5. The molecule has 0 atom stereocenters. The highest BCUT2D eigenvalue weighted by atomic mass is 15.2. The molecule has 0 radical (unpaired) electrons. The van der Waals surface area contributed by atoms with Crippen LogP contribution >= 0.6 is 0 Å². The summed E-state index contributed by atoms with van der Waals surface area (Å²) in [5.74, 6) is 0. The SMILES string of the molecule is [2H]C([2H])([2H])c1cc2c3c(c1)N(c1ccc(C(C)(C)C)cc1-c1cccc(-c4ccccc4)c1)c1cc4c(cc1B3c1ccc(C(C)(C)C)cc1N2c1cccc(C(C)(C)C)c1)CC(C)(C)C4. The number of anilines is 6. The lowest BCUT2D eigenvalue weighted by Gasteiger charge is -2.45. The van der Waals surface area contributed by atoms with E-state index in [1.165, 1.54) is 44.3 Å². The topological polar surface area (TPSA) is 6.48 Å². The van der Waals surface area contributed by atoms with Gasteiger partial charge >= 0.3 is 0 Å². The molecule has 0 bridgehead atoms. The van der Waals surface area contributed by atoms with Crippen molar-refractivity contribution in [1.29, 1.82) is 0 Å².